The number of aryl methyl sites for hydroxylation is 1. The van der Waals surface area contributed by atoms with Gasteiger partial charge in [-0.1, -0.05) is 0 Å². The first-order chi connectivity index (χ1) is 7.97. The van der Waals surface area contributed by atoms with Gasteiger partial charge in [0.2, 0.25) is 0 Å². The van der Waals surface area contributed by atoms with Crippen molar-refractivity contribution in [2.24, 2.45) is 0 Å². The topological polar surface area (TPSA) is 51.6 Å². The third kappa shape index (κ3) is 2.55. The van der Waals surface area contributed by atoms with Crippen LogP contribution in [0, 0.1) is 6.92 Å². The molecule has 7 heteroatoms. The van der Waals surface area contributed by atoms with Crippen LogP contribution in [0.2, 0.25) is 0 Å². The van der Waals surface area contributed by atoms with Gasteiger partial charge in [0.1, 0.15) is 18.3 Å². The fraction of sp³-hybridized carbons (Fsp3) is 0.200. The number of nitrogens with zero attached hydrogens (tertiary/aromatic N) is 4. The van der Waals surface area contributed by atoms with Crippen LogP contribution in [0.25, 0.3) is 11.4 Å². The Morgan fingerprint density at radius 2 is 1.71 bits per heavy atom. The molecule has 88 valence electrons. The minimum Gasteiger partial charge on any atom is -0.249 e. The van der Waals surface area contributed by atoms with Gasteiger partial charge in [-0.3, -0.25) is 0 Å². The predicted molar refractivity (Wildman–Crippen MR) is 52.8 cm³/mol. The van der Waals surface area contributed by atoms with E-state index in [4.69, 9.17) is 0 Å². The second-order valence-corrected chi connectivity index (χ2v) is 3.34. The van der Waals surface area contributed by atoms with E-state index >= 15 is 0 Å². The Bertz CT molecular complexity index is 525. The van der Waals surface area contributed by atoms with Crippen molar-refractivity contribution in [3.05, 3.63) is 36.2 Å². The number of rotatable bonds is 1. The van der Waals surface area contributed by atoms with E-state index in [1.54, 1.807) is 0 Å². The lowest BCUT2D eigenvalue weighted by Gasteiger charge is -2.08. The minimum absolute atomic E-state index is 0.191. The van der Waals surface area contributed by atoms with Gasteiger partial charge in [0.25, 0.3) is 0 Å². The van der Waals surface area contributed by atoms with E-state index in [2.05, 4.69) is 19.9 Å². The quantitative estimate of drug-likeness (QED) is 0.767. The highest BCUT2D eigenvalue weighted by atomic mass is 19.4. The van der Waals surface area contributed by atoms with E-state index in [-0.39, 0.29) is 17.1 Å². The molecule has 2 rings (SSSR count). The molecule has 0 bridgehead atoms. The van der Waals surface area contributed by atoms with Crippen molar-refractivity contribution in [3.63, 3.8) is 0 Å². The van der Waals surface area contributed by atoms with E-state index in [1.807, 2.05) is 0 Å². The molecule has 0 fully saturated rings. The molecule has 0 aliphatic carbocycles. The second-order valence-electron chi connectivity index (χ2n) is 3.34. The summed E-state index contributed by atoms with van der Waals surface area (Å²) in [4.78, 5) is 14.6. The fourth-order valence-electron chi connectivity index (χ4n) is 1.33. The first-order valence-corrected chi connectivity index (χ1v) is 4.65. The summed E-state index contributed by atoms with van der Waals surface area (Å²) in [5, 5.41) is 0. The predicted octanol–water partition coefficient (Wildman–Crippen LogP) is 2.26. The van der Waals surface area contributed by atoms with Gasteiger partial charge in [-0.2, -0.15) is 13.2 Å². The first kappa shape index (κ1) is 11.4. The zero-order chi connectivity index (χ0) is 12.5. The van der Waals surface area contributed by atoms with Crippen molar-refractivity contribution in [2.75, 3.05) is 0 Å². The van der Waals surface area contributed by atoms with Gasteiger partial charge >= 0.3 is 6.18 Å². The third-order valence-corrected chi connectivity index (χ3v) is 2.00. The number of hydrogen-bond acceptors (Lipinski definition) is 4. The Morgan fingerprint density at radius 3 is 2.29 bits per heavy atom. The lowest BCUT2D eigenvalue weighted by atomic mass is 10.2. The highest BCUT2D eigenvalue weighted by molar-refractivity contribution is 5.55. The summed E-state index contributed by atoms with van der Waals surface area (Å²) in [6.45, 7) is 1.49. The van der Waals surface area contributed by atoms with Crippen molar-refractivity contribution >= 4 is 0 Å². The molecule has 0 unspecified atom stereocenters. The van der Waals surface area contributed by atoms with E-state index in [9.17, 15) is 13.2 Å². The molecule has 0 amide bonds. The molecule has 2 aromatic rings. The van der Waals surface area contributed by atoms with Gasteiger partial charge in [-0.05, 0) is 19.1 Å². The van der Waals surface area contributed by atoms with Crippen molar-refractivity contribution in [2.45, 2.75) is 13.1 Å². The molecule has 0 saturated heterocycles. The van der Waals surface area contributed by atoms with Crippen molar-refractivity contribution in [3.8, 4) is 11.4 Å². The van der Waals surface area contributed by atoms with Gasteiger partial charge in [0.05, 0.1) is 0 Å². The molecular weight excluding hydrogens is 233 g/mol. The van der Waals surface area contributed by atoms with Crippen LogP contribution in [-0.4, -0.2) is 19.9 Å². The summed E-state index contributed by atoms with van der Waals surface area (Å²) in [6, 6.07) is 2.41. The van der Waals surface area contributed by atoms with Crippen molar-refractivity contribution in [1.29, 1.82) is 0 Å². The lowest BCUT2D eigenvalue weighted by Crippen LogP contribution is -2.09. The molecule has 0 aromatic carbocycles. The van der Waals surface area contributed by atoms with E-state index in [0.717, 1.165) is 6.07 Å². The maximum atomic E-state index is 12.5. The normalized spacial score (nSPS) is 11.5. The Balaban J connectivity index is 2.54. The smallest absolute Gasteiger partial charge is 0.249 e. The lowest BCUT2D eigenvalue weighted by molar-refractivity contribution is -0.141. The SMILES string of the molecule is Cc1cc(-c2ncncn2)cc(C(F)(F)F)n1. The summed E-state index contributed by atoms with van der Waals surface area (Å²) in [6.07, 6.45) is -2.02. The molecule has 0 N–H and O–H groups in total. The minimum atomic E-state index is -4.48. The number of aromatic nitrogens is 4. The van der Waals surface area contributed by atoms with E-state index < -0.39 is 11.9 Å². The van der Waals surface area contributed by atoms with Crippen LogP contribution in [0.5, 0.6) is 0 Å². The van der Waals surface area contributed by atoms with Crippen LogP contribution in [0.4, 0.5) is 13.2 Å². The zero-order valence-corrected chi connectivity index (χ0v) is 8.73. The molecule has 0 spiro atoms. The molecule has 0 saturated carbocycles. The molecule has 2 aromatic heterocycles. The van der Waals surface area contributed by atoms with Crippen LogP contribution in [0.15, 0.2) is 24.8 Å². The largest absolute Gasteiger partial charge is 0.433 e. The van der Waals surface area contributed by atoms with E-state index in [0.29, 0.717) is 0 Å². The average Bonchev–Trinajstić information content (AvgIpc) is 2.28. The van der Waals surface area contributed by atoms with Crippen LogP contribution in [-0.2, 0) is 6.18 Å². The van der Waals surface area contributed by atoms with Crippen LogP contribution < -0.4 is 0 Å². The van der Waals surface area contributed by atoms with Crippen LogP contribution >= 0.6 is 0 Å². The summed E-state index contributed by atoms with van der Waals surface area (Å²) in [5.41, 5.74) is -0.421. The van der Waals surface area contributed by atoms with Gasteiger partial charge in [0.15, 0.2) is 5.82 Å². The molecule has 0 atom stereocenters. The number of hydrogen-bond donors (Lipinski definition) is 0. The van der Waals surface area contributed by atoms with Crippen molar-refractivity contribution in [1.82, 2.24) is 19.9 Å². The van der Waals surface area contributed by atoms with Gasteiger partial charge < -0.3 is 0 Å². The third-order valence-electron chi connectivity index (χ3n) is 2.00. The zero-order valence-electron chi connectivity index (χ0n) is 8.73. The fourth-order valence-corrected chi connectivity index (χ4v) is 1.33. The van der Waals surface area contributed by atoms with Crippen molar-refractivity contribution < 1.29 is 13.2 Å². The number of alkyl halides is 3. The Morgan fingerprint density at radius 1 is 1.06 bits per heavy atom. The molecule has 0 aliphatic rings. The second kappa shape index (κ2) is 4.08. The molecular formula is C10H7F3N4. The standard InChI is InChI=1S/C10H7F3N4/c1-6-2-7(9-15-4-14-5-16-9)3-8(17-6)10(11,12)13/h2-5H,1H3. The maximum absolute atomic E-state index is 12.5. The molecule has 4 nitrogen and oxygen atoms in total. The highest BCUT2D eigenvalue weighted by Gasteiger charge is 2.33. The number of halogens is 3. The summed E-state index contributed by atoms with van der Waals surface area (Å²) < 4.78 is 37.6. The monoisotopic (exact) mass is 240 g/mol. The average molecular weight is 240 g/mol. The summed E-state index contributed by atoms with van der Waals surface area (Å²) >= 11 is 0. The Hall–Kier alpha value is -2.05. The van der Waals surface area contributed by atoms with Gasteiger partial charge in [0, 0.05) is 11.3 Å². The van der Waals surface area contributed by atoms with E-state index in [1.165, 1.54) is 25.6 Å². The molecule has 0 aliphatic heterocycles. The van der Waals surface area contributed by atoms with Gasteiger partial charge in [-0.15, -0.1) is 0 Å². The summed E-state index contributed by atoms with van der Waals surface area (Å²) in [5.74, 6) is 0.191. The Labute approximate surface area is 94.6 Å². The molecule has 17 heavy (non-hydrogen) atoms. The summed E-state index contributed by atoms with van der Waals surface area (Å²) in [7, 11) is 0. The molecule has 0 radical (unpaired) electrons. The van der Waals surface area contributed by atoms with Crippen LogP contribution in [0.1, 0.15) is 11.4 Å². The number of pyridine rings is 1. The highest BCUT2D eigenvalue weighted by Crippen LogP contribution is 2.30. The van der Waals surface area contributed by atoms with Crippen LogP contribution in [0.3, 0.4) is 0 Å². The first-order valence-electron chi connectivity index (χ1n) is 4.65. The Kier molecular flexibility index (Phi) is 2.74. The molecule has 2 heterocycles. The van der Waals surface area contributed by atoms with Gasteiger partial charge in [-0.25, -0.2) is 19.9 Å². The maximum Gasteiger partial charge on any atom is 0.433 e.